The lowest BCUT2D eigenvalue weighted by atomic mass is 10.2. The predicted molar refractivity (Wildman–Crippen MR) is 80.1 cm³/mol. The first-order chi connectivity index (χ1) is 10.0. The summed E-state index contributed by atoms with van der Waals surface area (Å²) in [4.78, 5) is 10.4. The van der Waals surface area contributed by atoms with E-state index in [0.29, 0.717) is 12.6 Å². The lowest BCUT2D eigenvalue weighted by Crippen LogP contribution is -2.03. The van der Waals surface area contributed by atoms with Crippen molar-refractivity contribution in [3.63, 3.8) is 0 Å². The van der Waals surface area contributed by atoms with Crippen molar-refractivity contribution in [1.82, 2.24) is 9.78 Å². The van der Waals surface area contributed by atoms with Crippen LogP contribution in [0, 0.1) is 0 Å². The van der Waals surface area contributed by atoms with Gasteiger partial charge in [-0.3, -0.25) is 4.68 Å². The van der Waals surface area contributed by atoms with Gasteiger partial charge in [0.05, 0.1) is 5.69 Å². The number of aromatic nitrogens is 2. The van der Waals surface area contributed by atoms with Gasteiger partial charge in [-0.1, -0.05) is 12.1 Å². The zero-order chi connectivity index (χ0) is 15.2. The van der Waals surface area contributed by atoms with Crippen LogP contribution in [0.5, 0.6) is 5.75 Å². The highest BCUT2D eigenvalue weighted by Crippen LogP contribution is 2.15. The van der Waals surface area contributed by atoms with E-state index in [0.717, 1.165) is 23.1 Å². The molecule has 2 rings (SSSR count). The quantitative estimate of drug-likeness (QED) is 0.829. The summed E-state index contributed by atoms with van der Waals surface area (Å²) in [6, 6.07) is 9.49. The lowest BCUT2D eigenvalue weighted by molar-refractivity contribution is -0.131. The molecule has 0 spiro atoms. The maximum absolute atomic E-state index is 10.4. The summed E-state index contributed by atoms with van der Waals surface area (Å²) >= 11 is 0. The van der Waals surface area contributed by atoms with Gasteiger partial charge in [0.25, 0.3) is 0 Å². The van der Waals surface area contributed by atoms with Crippen molar-refractivity contribution in [3.8, 4) is 5.75 Å². The molecule has 2 aromatic rings. The smallest absolute Gasteiger partial charge is 0.328 e. The number of hydrogen-bond acceptors (Lipinski definition) is 3. The zero-order valence-corrected chi connectivity index (χ0v) is 12.1. The molecule has 0 fully saturated rings. The van der Waals surface area contributed by atoms with E-state index in [2.05, 4.69) is 18.9 Å². The number of rotatable bonds is 6. The Hall–Kier alpha value is -2.56. The molecule has 21 heavy (non-hydrogen) atoms. The molecule has 0 amide bonds. The van der Waals surface area contributed by atoms with Gasteiger partial charge in [-0.25, -0.2) is 4.79 Å². The number of hydrogen-bond donors (Lipinski definition) is 1. The van der Waals surface area contributed by atoms with Gasteiger partial charge in [-0.05, 0) is 43.7 Å². The molecule has 1 N–H and O–H groups in total. The summed E-state index contributed by atoms with van der Waals surface area (Å²) in [6.07, 6.45) is 4.58. The molecule has 110 valence electrons. The normalized spacial score (nSPS) is 11.2. The summed E-state index contributed by atoms with van der Waals surface area (Å²) < 4.78 is 7.54. The van der Waals surface area contributed by atoms with E-state index in [1.165, 1.54) is 6.08 Å². The molecule has 1 aromatic carbocycles. The Morgan fingerprint density at radius 1 is 1.33 bits per heavy atom. The van der Waals surface area contributed by atoms with E-state index in [-0.39, 0.29) is 0 Å². The fraction of sp³-hybridized carbons (Fsp3) is 0.250. The number of carbonyl (C=O) groups is 1. The van der Waals surface area contributed by atoms with E-state index < -0.39 is 5.97 Å². The van der Waals surface area contributed by atoms with Crippen LogP contribution in [0.3, 0.4) is 0 Å². The number of carboxylic acid groups (broad SMARTS) is 1. The second-order valence-corrected chi connectivity index (χ2v) is 4.91. The second-order valence-electron chi connectivity index (χ2n) is 4.91. The minimum absolute atomic E-state index is 0.332. The van der Waals surface area contributed by atoms with Gasteiger partial charge < -0.3 is 9.84 Å². The second kappa shape index (κ2) is 6.74. The van der Waals surface area contributed by atoms with Crippen LogP contribution in [0.15, 0.2) is 42.6 Å². The summed E-state index contributed by atoms with van der Waals surface area (Å²) in [5.41, 5.74) is 1.69. The first kappa shape index (κ1) is 14.8. The SMILES string of the molecule is CC(C)n1ccc(COc2ccc(C=CC(=O)O)cc2)n1. The Balaban J connectivity index is 1.92. The van der Waals surface area contributed by atoms with E-state index in [1.54, 1.807) is 12.1 Å². The predicted octanol–water partition coefficient (Wildman–Crippen LogP) is 3.14. The summed E-state index contributed by atoms with van der Waals surface area (Å²) in [7, 11) is 0. The van der Waals surface area contributed by atoms with Crippen LogP contribution in [-0.2, 0) is 11.4 Å². The molecule has 5 nitrogen and oxygen atoms in total. The molecule has 0 aliphatic carbocycles. The van der Waals surface area contributed by atoms with E-state index in [9.17, 15) is 4.79 Å². The molecule has 0 bridgehead atoms. The third-order valence-corrected chi connectivity index (χ3v) is 2.88. The van der Waals surface area contributed by atoms with E-state index in [4.69, 9.17) is 9.84 Å². The van der Waals surface area contributed by atoms with Gasteiger partial charge in [0.2, 0.25) is 0 Å². The molecular formula is C16H18N2O3. The largest absolute Gasteiger partial charge is 0.487 e. The molecule has 1 aromatic heterocycles. The van der Waals surface area contributed by atoms with Crippen molar-refractivity contribution in [2.45, 2.75) is 26.5 Å². The molecular weight excluding hydrogens is 268 g/mol. The van der Waals surface area contributed by atoms with E-state index in [1.807, 2.05) is 29.1 Å². The molecule has 5 heteroatoms. The molecule has 0 atom stereocenters. The Labute approximate surface area is 123 Å². The zero-order valence-electron chi connectivity index (χ0n) is 12.1. The Kier molecular flexibility index (Phi) is 4.77. The first-order valence-electron chi connectivity index (χ1n) is 6.72. The van der Waals surface area contributed by atoms with Crippen LogP contribution in [0.25, 0.3) is 6.08 Å². The fourth-order valence-electron chi connectivity index (χ4n) is 1.74. The van der Waals surface area contributed by atoms with Crippen LogP contribution in [0.1, 0.15) is 31.1 Å². The third kappa shape index (κ3) is 4.49. The van der Waals surface area contributed by atoms with Gasteiger partial charge in [-0.15, -0.1) is 0 Å². The van der Waals surface area contributed by atoms with Crippen LogP contribution < -0.4 is 4.74 Å². The minimum Gasteiger partial charge on any atom is -0.487 e. The molecule has 0 aliphatic rings. The summed E-state index contributed by atoms with van der Waals surface area (Å²) in [5.74, 6) is -0.238. The van der Waals surface area contributed by atoms with Gasteiger partial charge >= 0.3 is 5.97 Å². The molecule has 0 radical (unpaired) electrons. The van der Waals surface area contributed by atoms with Gasteiger partial charge in [-0.2, -0.15) is 5.10 Å². The van der Waals surface area contributed by atoms with Crippen molar-refractivity contribution in [2.24, 2.45) is 0 Å². The molecule has 0 aliphatic heterocycles. The Morgan fingerprint density at radius 3 is 2.62 bits per heavy atom. The topological polar surface area (TPSA) is 64.3 Å². The first-order valence-corrected chi connectivity index (χ1v) is 6.72. The van der Waals surface area contributed by atoms with Crippen LogP contribution in [-0.4, -0.2) is 20.9 Å². The maximum Gasteiger partial charge on any atom is 0.328 e. The monoisotopic (exact) mass is 286 g/mol. The number of benzene rings is 1. The minimum atomic E-state index is -0.962. The van der Waals surface area contributed by atoms with Crippen LogP contribution >= 0.6 is 0 Å². The van der Waals surface area contributed by atoms with Crippen molar-refractivity contribution in [3.05, 3.63) is 53.9 Å². The molecule has 0 saturated heterocycles. The molecule has 0 unspecified atom stereocenters. The number of carboxylic acids is 1. The third-order valence-electron chi connectivity index (χ3n) is 2.88. The van der Waals surface area contributed by atoms with Crippen LogP contribution in [0.2, 0.25) is 0 Å². The Bertz CT molecular complexity index is 627. The highest BCUT2D eigenvalue weighted by Gasteiger charge is 2.03. The van der Waals surface area contributed by atoms with Crippen molar-refractivity contribution in [2.75, 3.05) is 0 Å². The summed E-state index contributed by atoms with van der Waals surface area (Å²) in [6.45, 7) is 4.55. The fourth-order valence-corrected chi connectivity index (χ4v) is 1.74. The summed E-state index contributed by atoms with van der Waals surface area (Å²) in [5, 5.41) is 13.0. The average Bonchev–Trinajstić information content (AvgIpc) is 2.93. The number of nitrogens with zero attached hydrogens (tertiary/aromatic N) is 2. The van der Waals surface area contributed by atoms with Gasteiger partial charge in [0, 0.05) is 18.3 Å². The standard InChI is InChI=1S/C16H18N2O3/c1-12(2)18-10-9-14(17-18)11-21-15-6-3-13(4-7-15)5-8-16(19)20/h3-10,12H,11H2,1-2H3,(H,19,20). The maximum atomic E-state index is 10.4. The van der Waals surface area contributed by atoms with Crippen molar-refractivity contribution in [1.29, 1.82) is 0 Å². The van der Waals surface area contributed by atoms with Gasteiger partial charge in [0.1, 0.15) is 12.4 Å². The highest BCUT2D eigenvalue weighted by atomic mass is 16.5. The average molecular weight is 286 g/mol. The lowest BCUT2D eigenvalue weighted by Gasteiger charge is -2.06. The van der Waals surface area contributed by atoms with Crippen molar-refractivity contribution >= 4 is 12.0 Å². The molecule has 1 heterocycles. The Morgan fingerprint density at radius 2 is 2.05 bits per heavy atom. The van der Waals surface area contributed by atoms with Crippen LogP contribution in [0.4, 0.5) is 0 Å². The number of ether oxygens (including phenoxy) is 1. The molecule has 0 saturated carbocycles. The number of aliphatic carboxylic acids is 1. The van der Waals surface area contributed by atoms with Crippen molar-refractivity contribution < 1.29 is 14.6 Å². The highest BCUT2D eigenvalue weighted by molar-refractivity contribution is 5.85. The van der Waals surface area contributed by atoms with E-state index >= 15 is 0 Å². The van der Waals surface area contributed by atoms with Gasteiger partial charge in [0.15, 0.2) is 0 Å².